The van der Waals surface area contributed by atoms with Crippen LogP contribution >= 0.6 is 0 Å². The van der Waals surface area contributed by atoms with Crippen LogP contribution in [0, 0.1) is 17.7 Å². The molecule has 0 aliphatic heterocycles. The summed E-state index contributed by atoms with van der Waals surface area (Å²) in [6.07, 6.45) is 2.72. The van der Waals surface area contributed by atoms with Gasteiger partial charge in [0.1, 0.15) is 5.82 Å². The van der Waals surface area contributed by atoms with Crippen molar-refractivity contribution in [1.82, 2.24) is 0 Å². The van der Waals surface area contributed by atoms with Crippen LogP contribution in [0.1, 0.15) is 36.5 Å². The highest BCUT2D eigenvalue weighted by Gasteiger charge is 2.30. The van der Waals surface area contributed by atoms with Gasteiger partial charge in [-0.2, -0.15) is 0 Å². The van der Waals surface area contributed by atoms with Crippen LogP contribution in [0.4, 0.5) is 10.1 Å². The molecule has 1 saturated carbocycles. The number of aromatic carboxylic acids is 1. The van der Waals surface area contributed by atoms with E-state index in [1.165, 1.54) is 12.1 Å². The quantitative estimate of drug-likeness (QED) is 0.883. The molecular formula is C14H16FNO3. The zero-order chi connectivity index (χ0) is 14.0. The van der Waals surface area contributed by atoms with Crippen LogP contribution in [0.15, 0.2) is 18.2 Å². The van der Waals surface area contributed by atoms with E-state index >= 15 is 0 Å². The number of halogens is 1. The SMILES string of the molecule is CC1CCCC1C(=O)Nc1c(F)cccc1C(=O)O. The minimum absolute atomic E-state index is 0.166. The van der Waals surface area contributed by atoms with E-state index in [0.29, 0.717) is 0 Å². The van der Waals surface area contributed by atoms with E-state index in [9.17, 15) is 14.0 Å². The summed E-state index contributed by atoms with van der Waals surface area (Å²) >= 11 is 0. The fourth-order valence-electron chi connectivity index (χ4n) is 2.58. The first kappa shape index (κ1) is 13.5. The summed E-state index contributed by atoms with van der Waals surface area (Å²) < 4.78 is 13.7. The van der Waals surface area contributed by atoms with Crippen LogP contribution in [0.5, 0.6) is 0 Å². The van der Waals surface area contributed by atoms with Gasteiger partial charge in [0.25, 0.3) is 0 Å². The summed E-state index contributed by atoms with van der Waals surface area (Å²) in [6.45, 7) is 1.98. The molecule has 102 valence electrons. The Morgan fingerprint density at radius 2 is 2.11 bits per heavy atom. The van der Waals surface area contributed by atoms with Crippen LogP contribution in [0.3, 0.4) is 0 Å². The lowest BCUT2D eigenvalue weighted by Gasteiger charge is -2.16. The molecular weight excluding hydrogens is 249 g/mol. The number of nitrogens with one attached hydrogen (secondary N) is 1. The maximum absolute atomic E-state index is 13.7. The summed E-state index contributed by atoms with van der Waals surface area (Å²) in [5.41, 5.74) is -0.460. The van der Waals surface area contributed by atoms with Crippen LogP contribution < -0.4 is 5.32 Å². The van der Waals surface area contributed by atoms with Crippen LogP contribution in [-0.2, 0) is 4.79 Å². The lowest BCUT2D eigenvalue weighted by atomic mass is 9.97. The molecule has 19 heavy (non-hydrogen) atoms. The third-order valence-electron chi connectivity index (χ3n) is 3.69. The van der Waals surface area contributed by atoms with Crippen molar-refractivity contribution in [2.24, 2.45) is 11.8 Å². The fraction of sp³-hybridized carbons (Fsp3) is 0.429. The largest absolute Gasteiger partial charge is 0.478 e. The number of carbonyl (C=O) groups is 2. The highest BCUT2D eigenvalue weighted by atomic mass is 19.1. The van der Waals surface area contributed by atoms with Crippen LogP contribution in [0.2, 0.25) is 0 Å². The minimum atomic E-state index is -1.26. The molecule has 0 aromatic heterocycles. The number of hydrogen-bond acceptors (Lipinski definition) is 2. The molecule has 1 aromatic rings. The minimum Gasteiger partial charge on any atom is -0.478 e. The standard InChI is InChI=1S/C14H16FNO3/c1-8-4-2-5-9(8)13(17)16-12-10(14(18)19)6-3-7-11(12)15/h3,6-9H,2,4-5H2,1H3,(H,16,17)(H,18,19). The van der Waals surface area contributed by atoms with Gasteiger partial charge in [-0.25, -0.2) is 9.18 Å². The van der Waals surface area contributed by atoms with Gasteiger partial charge in [0, 0.05) is 5.92 Å². The third-order valence-corrected chi connectivity index (χ3v) is 3.69. The Hall–Kier alpha value is -1.91. The van der Waals surface area contributed by atoms with Gasteiger partial charge < -0.3 is 10.4 Å². The van der Waals surface area contributed by atoms with Gasteiger partial charge in [0.2, 0.25) is 5.91 Å². The number of carboxylic acids is 1. The molecule has 1 aliphatic rings. The molecule has 1 fully saturated rings. The molecule has 0 spiro atoms. The van der Waals surface area contributed by atoms with Crippen molar-refractivity contribution < 1.29 is 19.1 Å². The van der Waals surface area contributed by atoms with Crippen molar-refractivity contribution in [1.29, 1.82) is 0 Å². The van der Waals surface area contributed by atoms with E-state index in [1.54, 1.807) is 0 Å². The number of anilines is 1. The highest BCUT2D eigenvalue weighted by Crippen LogP contribution is 2.32. The molecule has 0 bridgehead atoms. The molecule has 5 heteroatoms. The van der Waals surface area contributed by atoms with Gasteiger partial charge in [-0.15, -0.1) is 0 Å². The molecule has 1 amide bonds. The average molecular weight is 265 g/mol. The molecule has 0 heterocycles. The van der Waals surface area contributed by atoms with E-state index in [0.717, 1.165) is 25.3 Å². The van der Waals surface area contributed by atoms with Crippen molar-refractivity contribution >= 4 is 17.6 Å². The topological polar surface area (TPSA) is 66.4 Å². The number of hydrogen-bond donors (Lipinski definition) is 2. The first-order valence-corrected chi connectivity index (χ1v) is 6.33. The predicted molar refractivity (Wildman–Crippen MR) is 68.5 cm³/mol. The molecule has 2 N–H and O–H groups in total. The second-order valence-electron chi connectivity index (χ2n) is 4.97. The van der Waals surface area contributed by atoms with Gasteiger partial charge in [0.05, 0.1) is 11.3 Å². The Labute approximate surface area is 110 Å². The van der Waals surface area contributed by atoms with Crippen molar-refractivity contribution in [2.45, 2.75) is 26.2 Å². The summed E-state index contributed by atoms with van der Waals surface area (Å²) in [5.74, 6) is -2.19. The normalized spacial score (nSPS) is 22.2. The average Bonchev–Trinajstić information content (AvgIpc) is 2.77. The first-order chi connectivity index (χ1) is 9.00. The lowest BCUT2D eigenvalue weighted by Crippen LogP contribution is -2.26. The second-order valence-corrected chi connectivity index (χ2v) is 4.97. The molecule has 4 nitrogen and oxygen atoms in total. The van der Waals surface area contributed by atoms with Crippen LogP contribution in [-0.4, -0.2) is 17.0 Å². The molecule has 2 unspecified atom stereocenters. The number of carboxylic acid groups (broad SMARTS) is 1. The Balaban J connectivity index is 2.23. The second kappa shape index (κ2) is 5.38. The summed E-state index contributed by atoms with van der Waals surface area (Å²) in [5, 5.41) is 11.4. The highest BCUT2D eigenvalue weighted by molar-refractivity contribution is 6.01. The smallest absolute Gasteiger partial charge is 0.337 e. The number of rotatable bonds is 3. The van der Waals surface area contributed by atoms with Crippen molar-refractivity contribution in [2.75, 3.05) is 5.32 Å². The van der Waals surface area contributed by atoms with Gasteiger partial charge in [0.15, 0.2) is 0 Å². The zero-order valence-electron chi connectivity index (χ0n) is 10.6. The Morgan fingerprint density at radius 1 is 1.37 bits per heavy atom. The first-order valence-electron chi connectivity index (χ1n) is 6.33. The summed E-state index contributed by atoms with van der Waals surface area (Å²) in [6, 6.07) is 3.73. The summed E-state index contributed by atoms with van der Waals surface area (Å²) in [4.78, 5) is 23.1. The van der Waals surface area contributed by atoms with E-state index < -0.39 is 11.8 Å². The van der Waals surface area contributed by atoms with Gasteiger partial charge >= 0.3 is 5.97 Å². The molecule has 0 radical (unpaired) electrons. The summed E-state index contributed by atoms with van der Waals surface area (Å²) in [7, 11) is 0. The maximum atomic E-state index is 13.7. The van der Waals surface area contributed by atoms with Crippen LogP contribution in [0.25, 0.3) is 0 Å². The fourth-order valence-corrected chi connectivity index (χ4v) is 2.58. The molecule has 1 aromatic carbocycles. The van der Waals surface area contributed by atoms with Crippen molar-refractivity contribution in [3.8, 4) is 0 Å². The predicted octanol–water partition coefficient (Wildman–Crippen LogP) is 2.90. The molecule has 0 saturated heterocycles. The monoisotopic (exact) mass is 265 g/mol. The number of benzene rings is 1. The Morgan fingerprint density at radius 3 is 2.68 bits per heavy atom. The van der Waals surface area contributed by atoms with Gasteiger partial charge in [-0.3, -0.25) is 4.79 Å². The van der Waals surface area contributed by atoms with Crippen molar-refractivity contribution in [3.63, 3.8) is 0 Å². The Kier molecular flexibility index (Phi) is 3.83. The number of para-hydroxylation sites is 1. The number of carbonyl (C=O) groups excluding carboxylic acids is 1. The van der Waals surface area contributed by atoms with Crippen molar-refractivity contribution in [3.05, 3.63) is 29.6 Å². The van der Waals surface area contributed by atoms with E-state index in [-0.39, 0.29) is 29.0 Å². The Bertz CT molecular complexity index is 515. The third kappa shape index (κ3) is 2.75. The molecule has 2 atom stereocenters. The van der Waals surface area contributed by atoms with Gasteiger partial charge in [-0.05, 0) is 30.9 Å². The maximum Gasteiger partial charge on any atom is 0.337 e. The van der Waals surface area contributed by atoms with Gasteiger partial charge in [-0.1, -0.05) is 19.4 Å². The molecule has 1 aliphatic carbocycles. The molecule has 2 rings (SSSR count). The van der Waals surface area contributed by atoms with E-state index in [4.69, 9.17) is 5.11 Å². The van der Waals surface area contributed by atoms with E-state index in [2.05, 4.69) is 5.32 Å². The lowest BCUT2D eigenvalue weighted by molar-refractivity contribution is -0.120. The zero-order valence-corrected chi connectivity index (χ0v) is 10.6. The van der Waals surface area contributed by atoms with E-state index in [1.807, 2.05) is 6.92 Å². The number of amides is 1.